The van der Waals surface area contributed by atoms with Crippen LogP contribution in [0, 0.1) is 5.41 Å². The molecule has 0 radical (unpaired) electrons. The number of nitrogen functional groups attached to an aromatic ring is 1. The van der Waals surface area contributed by atoms with Crippen molar-refractivity contribution in [2.75, 3.05) is 24.2 Å². The third-order valence-electron chi connectivity index (χ3n) is 3.75. The Kier molecular flexibility index (Phi) is 2.59. The van der Waals surface area contributed by atoms with Gasteiger partial charge >= 0.3 is 0 Å². The maximum atomic E-state index is 9.32. The van der Waals surface area contributed by atoms with Gasteiger partial charge in [0.25, 0.3) is 0 Å². The summed E-state index contributed by atoms with van der Waals surface area (Å²) in [6.07, 6.45) is 3.95. The number of pyridine rings is 1. The zero-order valence-corrected chi connectivity index (χ0v) is 10.2. The number of aromatic nitrogens is 1. The van der Waals surface area contributed by atoms with E-state index in [9.17, 15) is 5.11 Å². The lowest BCUT2D eigenvalue weighted by Crippen LogP contribution is -2.19. The normalized spacial score (nSPS) is 16.7. The van der Waals surface area contributed by atoms with E-state index in [1.54, 1.807) is 6.20 Å². The average Bonchev–Trinajstić information content (AvgIpc) is 3.19. The Morgan fingerprint density at radius 1 is 1.33 bits per heavy atom. The van der Waals surface area contributed by atoms with Crippen LogP contribution in [-0.4, -0.2) is 23.2 Å². The number of aliphatic hydroxyl groups is 1. The molecule has 0 amide bonds. The summed E-state index contributed by atoms with van der Waals surface area (Å²) in [7, 11) is 0. The minimum Gasteiger partial charge on any atom is -0.397 e. The van der Waals surface area contributed by atoms with Crippen molar-refractivity contribution in [1.29, 1.82) is 0 Å². The van der Waals surface area contributed by atoms with E-state index in [0.29, 0.717) is 5.69 Å². The fraction of sp³-hybridized carbons (Fsp3) is 0.357. The molecule has 4 N–H and O–H groups in total. The number of hydrogen-bond donors (Lipinski definition) is 3. The lowest BCUT2D eigenvalue weighted by molar-refractivity contribution is 0.220. The molecular formula is C14H17N3O. The van der Waals surface area contributed by atoms with Crippen molar-refractivity contribution >= 4 is 22.3 Å². The van der Waals surface area contributed by atoms with Crippen molar-refractivity contribution in [2.24, 2.45) is 5.41 Å². The Morgan fingerprint density at radius 3 is 2.89 bits per heavy atom. The molecule has 1 aromatic heterocycles. The standard InChI is InChI=1S/C14H17N3O/c15-11-3-4-12(10-2-1-7-16-13(10)11)17-8-14(9-18)5-6-14/h1-4,7,17-18H,5-6,8-9,15H2. The SMILES string of the molecule is Nc1ccc(NCC2(CO)CC2)c2cccnc12. The lowest BCUT2D eigenvalue weighted by Gasteiger charge is -2.15. The van der Waals surface area contributed by atoms with E-state index in [1.807, 2.05) is 24.3 Å². The van der Waals surface area contributed by atoms with Gasteiger partial charge in [0.2, 0.25) is 0 Å². The molecule has 94 valence electrons. The van der Waals surface area contributed by atoms with Crippen LogP contribution in [0.2, 0.25) is 0 Å². The molecule has 0 spiro atoms. The number of hydrogen-bond acceptors (Lipinski definition) is 4. The number of aliphatic hydroxyl groups excluding tert-OH is 1. The second kappa shape index (κ2) is 4.14. The summed E-state index contributed by atoms with van der Waals surface area (Å²) in [5, 5.41) is 13.8. The van der Waals surface area contributed by atoms with Crippen LogP contribution in [0.3, 0.4) is 0 Å². The Balaban J connectivity index is 1.90. The van der Waals surface area contributed by atoms with Gasteiger partial charge in [-0.05, 0) is 37.1 Å². The van der Waals surface area contributed by atoms with Crippen molar-refractivity contribution in [3.8, 4) is 0 Å². The summed E-state index contributed by atoms with van der Waals surface area (Å²) in [5.74, 6) is 0. The molecule has 0 unspecified atom stereocenters. The molecule has 0 aliphatic heterocycles. The summed E-state index contributed by atoms with van der Waals surface area (Å²) in [6, 6.07) is 7.77. The molecule has 0 atom stereocenters. The van der Waals surface area contributed by atoms with E-state index >= 15 is 0 Å². The third kappa shape index (κ3) is 1.88. The second-order valence-electron chi connectivity index (χ2n) is 5.11. The van der Waals surface area contributed by atoms with Crippen molar-refractivity contribution in [3.63, 3.8) is 0 Å². The zero-order chi connectivity index (χ0) is 12.6. The molecule has 1 saturated carbocycles. The van der Waals surface area contributed by atoms with Crippen molar-refractivity contribution in [1.82, 2.24) is 4.98 Å². The largest absolute Gasteiger partial charge is 0.397 e. The second-order valence-corrected chi connectivity index (χ2v) is 5.11. The van der Waals surface area contributed by atoms with Crippen LogP contribution in [0.15, 0.2) is 30.5 Å². The van der Waals surface area contributed by atoms with Gasteiger partial charge in [0.15, 0.2) is 0 Å². The molecule has 18 heavy (non-hydrogen) atoms. The van der Waals surface area contributed by atoms with Gasteiger partial charge in [0, 0.05) is 29.2 Å². The van der Waals surface area contributed by atoms with Crippen molar-refractivity contribution in [3.05, 3.63) is 30.5 Å². The van der Waals surface area contributed by atoms with Gasteiger partial charge in [-0.1, -0.05) is 0 Å². The van der Waals surface area contributed by atoms with E-state index in [2.05, 4.69) is 10.3 Å². The highest BCUT2D eigenvalue weighted by Gasteiger charge is 2.41. The van der Waals surface area contributed by atoms with Gasteiger partial charge in [0.1, 0.15) is 0 Å². The molecule has 0 saturated heterocycles. The Morgan fingerprint density at radius 2 is 2.17 bits per heavy atom. The summed E-state index contributed by atoms with van der Waals surface area (Å²) in [6.45, 7) is 1.06. The topological polar surface area (TPSA) is 71.2 Å². The summed E-state index contributed by atoms with van der Waals surface area (Å²) in [5.41, 5.74) is 8.57. The molecule has 0 bridgehead atoms. The molecule has 1 aromatic carbocycles. The van der Waals surface area contributed by atoms with Crippen LogP contribution in [0.4, 0.5) is 11.4 Å². The molecular weight excluding hydrogens is 226 g/mol. The molecule has 1 aliphatic carbocycles. The predicted molar refractivity (Wildman–Crippen MR) is 73.4 cm³/mol. The number of rotatable bonds is 4. The number of benzene rings is 1. The number of fused-ring (bicyclic) bond motifs is 1. The highest BCUT2D eigenvalue weighted by molar-refractivity contribution is 5.98. The Labute approximate surface area is 106 Å². The van der Waals surface area contributed by atoms with Gasteiger partial charge in [-0.2, -0.15) is 0 Å². The molecule has 4 nitrogen and oxygen atoms in total. The predicted octanol–water partition coefficient (Wildman–Crippen LogP) is 2.00. The first kappa shape index (κ1) is 11.3. The van der Waals surface area contributed by atoms with E-state index in [1.165, 1.54) is 0 Å². The fourth-order valence-electron chi connectivity index (χ4n) is 2.20. The van der Waals surface area contributed by atoms with Gasteiger partial charge in [-0.15, -0.1) is 0 Å². The summed E-state index contributed by atoms with van der Waals surface area (Å²) < 4.78 is 0. The van der Waals surface area contributed by atoms with Crippen molar-refractivity contribution in [2.45, 2.75) is 12.8 Å². The van der Waals surface area contributed by atoms with E-state index in [0.717, 1.165) is 36.0 Å². The molecule has 1 heterocycles. The Bertz CT molecular complexity index is 578. The van der Waals surface area contributed by atoms with Gasteiger partial charge in [0.05, 0.1) is 17.8 Å². The Hall–Kier alpha value is -1.81. The van der Waals surface area contributed by atoms with E-state index in [4.69, 9.17) is 5.73 Å². The van der Waals surface area contributed by atoms with Crippen LogP contribution in [0.1, 0.15) is 12.8 Å². The average molecular weight is 243 g/mol. The maximum Gasteiger partial charge on any atom is 0.0951 e. The number of nitrogens with two attached hydrogens (primary N) is 1. The van der Waals surface area contributed by atoms with Crippen molar-refractivity contribution < 1.29 is 5.11 Å². The molecule has 1 fully saturated rings. The quantitative estimate of drug-likeness (QED) is 0.718. The lowest BCUT2D eigenvalue weighted by atomic mass is 10.1. The van der Waals surface area contributed by atoms with Crippen LogP contribution >= 0.6 is 0 Å². The van der Waals surface area contributed by atoms with Crippen LogP contribution < -0.4 is 11.1 Å². The molecule has 3 rings (SSSR count). The maximum absolute atomic E-state index is 9.32. The number of anilines is 2. The van der Waals surface area contributed by atoms with Crippen LogP contribution in [-0.2, 0) is 0 Å². The first-order valence-electron chi connectivity index (χ1n) is 6.22. The minimum atomic E-state index is 0.0932. The first-order valence-corrected chi connectivity index (χ1v) is 6.22. The highest BCUT2D eigenvalue weighted by atomic mass is 16.3. The van der Waals surface area contributed by atoms with Gasteiger partial charge < -0.3 is 16.2 Å². The number of nitrogens with zero attached hydrogens (tertiary/aromatic N) is 1. The molecule has 1 aliphatic rings. The third-order valence-corrected chi connectivity index (χ3v) is 3.75. The first-order chi connectivity index (χ1) is 8.74. The summed E-state index contributed by atoms with van der Waals surface area (Å²) >= 11 is 0. The fourth-order valence-corrected chi connectivity index (χ4v) is 2.20. The van der Waals surface area contributed by atoms with Gasteiger partial charge in [-0.25, -0.2) is 0 Å². The minimum absolute atomic E-state index is 0.0932. The van der Waals surface area contributed by atoms with Crippen LogP contribution in [0.25, 0.3) is 10.9 Å². The van der Waals surface area contributed by atoms with Crippen LogP contribution in [0.5, 0.6) is 0 Å². The van der Waals surface area contributed by atoms with E-state index in [-0.39, 0.29) is 12.0 Å². The number of nitrogens with one attached hydrogen (secondary N) is 1. The smallest absolute Gasteiger partial charge is 0.0951 e. The monoisotopic (exact) mass is 243 g/mol. The van der Waals surface area contributed by atoms with E-state index < -0.39 is 0 Å². The molecule has 2 aromatic rings. The van der Waals surface area contributed by atoms with Gasteiger partial charge in [-0.3, -0.25) is 4.98 Å². The highest BCUT2D eigenvalue weighted by Crippen LogP contribution is 2.45. The molecule has 4 heteroatoms. The summed E-state index contributed by atoms with van der Waals surface area (Å²) in [4.78, 5) is 4.31. The zero-order valence-electron chi connectivity index (χ0n) is 10.2.